The molecule has 0 bridgehead atoms. The zero-order chi connectivity index (χ0) is 20.1. The summed E-state index contributed by atoms with van der Waals surface area (Å²) >= 11 is 0. The molecule has 0 aliphatic carbocycles. The molecule has 7 nitrogen and oxygen atoms in total. The maximum Gasteiger partial charge on any atom is 0.423 e. The first-order valence-corrected chi connectivity index (χ1v) is 12.1. The Morgan fingerprint density at radius 1 is 1.35 bits per heavy atom. The van der Waals surface area contributed by atoms with E-state index in [0.717, 1.165) is 0 Å². The van der Waals surface area contributed by atoms with E-state index in [2.05, 4.69) is 34.9 Å². The average Bonchev–Trinajstić information content (AvgIpc) is 2.47. The molecule has 0 aromatic carbocycles. The standard InChI is InChI=1S/C15H27F3N4O3Si/c1-6-11-13(20-10(2)9-24-19)12(15(16,17)18)14(23)22(21-11)25-7-8-26(3,4)5/h10,20H,6-9,19H2,1-5H3. The highest BCUT2D eigenvalue weighted by Crippen LogP contribution is 2.34. The monoisotopic (exact) mass is 396 g/mol. The van der Waals surface area contributed by atoms with Crippen LogP contribution in [0.2, 0.25) is 25.7 Å². The molecule has 1 heterocycles. The third-order valence-electron chi connectivity index (χ3n) is 3.56. The molecule has 1 rings (SSSR count). The summed E-state index contributed by atoms with van der Waals surface area (Å²) in [6.45, 7) is 9.62. The molecule has 0 aliphatic rings. The highest BCUT2D eigenvalue weighted by atomic mass is 28.3. The van der Waals surface area contributed by atoms with Crippen molar-refractivity contribution in [3.8, 4) is 0 Å². The molecule has 0 radical (unpaired) electrons. The highest BCUT2D eigenvalue weighted by molar-refractivity contribution is 6.76. The largest absolute Gasteiger partial charge is 0.423 e. The van der Waals surface area contributed by atoms with Gasteiger partial charge in [-0.15, -0.1) is 5.10 Å². The van der Waals surface area contributed by atoms with Crippen molar-refractivity contribution in [2.24, 2.45) is 5.90 Å². The van der Waals surface area contributed by atoms with Crippen LogP contribution in [0.3, 0.4) is 0 Å². The Balaban J connectivity index is 3.34. The third-order valence-corrected chi connectivity index (χ3v) is 5.26. The van der Waals surface area contributed by atoms with Gasteiger partial charge >= 0.3 is 11.7 Å². The molecule has 150 valence electrons. The summed E-state index contributed by atoms with van der Waals surface area (Å²) in [5, 5.41) is 6.60. The van der Waals surface area contributed by atoms with E-state index in [0.29, 0.717) is 10.9 Å². The fourth-order valence-corrected chi connectivity index (χ4v) is 2.88. The number of nitrogens with two attached hydrogens (primary N) is 1. The van der Waals surface area contributed by atoms with E-state index in [1.165, 1.54) is 0 Å². The number of aryl methyl sites for hydroxylation is 1. The Labute approximate surface area is 151 Å². The maximum absolute atomic E-state index is 13.6. The smallest absolute Gasteiger partial charge is 0.394 e. The fraction of sp³-hybridized carbons (Fsp3) is 0.733. The van der Waals surface area contributed by atoms with E-state index in [-0.39, 0.29) is 31.0 Å². The molecule has 0 saturated heterocycles. The van der Waals surface area contributed by atoms with E-state index in [1.807, 2.05) is 0 Å². The highest BCUT2D eigenvalue weighted by Gasteiger charge is 2.40. The van der Waals surface area contributed by atoms with Gasteiger partial charge in [-0.25, -0.2) is 5.90 Å². The van der Waals surface area contributed by atoms with Crippen LogP contribution < -0.4 is 21.6 Å². The first-order valence-electron chi connectivity index (χ1n) is 8.35. The summed E-state index contributed by atoms with van der Waals surface area (Å²) in [6.07, 6.45) is -4.68. The number of rotatable bonds is 9. The van der Waals surface area contributed by atoms with Crippen molar-refractivity contribution in [1.82, 2.24) is 9.94 Å². The van der Waals surface area contributed by atoms with Gasteiger partial charge in [0.1, 0.15) is 6.61 Å². The van der Waals surface area contributed by atoms with Gasteiger partial charge in [0.2, 0.25) is 0 Å². The lowest BCUT2D eigenvalue weighted by Crippen LogP contribution is -2.39. The normalized spacial score (nSPS) is 13.6. The molecule has 1 atom stereocenters. The Kier molecular flexibility index (Phi) is 7.65. The van der Waals surface area contributed by atoms with Crippen LogP contribution in [0.4, 0.5) is 18.9 Å². The summed E-state index contributed by atoms with van der Waals surface area (Å²) in [5.74, 6) is 4.96. The molecule has 1 aromatic heterocycles. The van der Waals surface area contributed by atoms with Crippen LogP contribution in [0.5, 0.6) is 0 Å². The van der Waals surface area contributed by atoms with Gasteiger partial charge in [0.15, 0.2) is 5.56 Å². The average molecular weight is 396 g/mol. The zero-order valence-corrected chi connectivity index (χ0v) is 16.7. The summed E-state index contributed by atoms with van der Waals surface area (Å²) < 4.78 is 40.7. The second kappa shape index (κ2) is 8.87. The molecule has 0 amide bonds. The van der Waals surface area contributed by atoms with Crippen molar-refractivity contribution in [2.45, 2.75) is 58.2 Å². The van der Waals surface area contributed by atoms with Gasteiger partial charge in [0.05, 0.1) is 18.0 Å². The van der Waals surface area contributed by atoms with Gasteiger partial charge in [0.25, 0.3) is 0 Å². The Morgan fingerprint density at radius 2 is 1.96 bits per heavy atom. The van der Waals surface area contributed by atoms with Gasteiger partial charge in [-0.2, -0.15) is 13.2 Å². The first-order chi connectivity index (χ1) is 11.9. The lowest BCUT2D eigenvalue weighted by molar-refractivity contribution is -0.139. The Morgan fingerprint density at radius 3 is 2.42 bits per heavy atom. The quantitative estimate of drug-likeness (QED) is 0.492. The molecule has 26 heavy (non-hydrogen) atoms. The Bertz CT molecular complexity index is 659. The van der Waals surface area contributed by atoms with Crippen molar-refractivity contribution in [3.63, 3.8) is 0 Å². The van der Waals surface area contributed by atoms with Gasteiger partial charge in [-0.1, -0.05) is 31.4 Å². The number of halogens is 3. The van der Waals surface area contributed by atoms with Gasteiger partial charge < -0.3 is 15.0 Å². The van der Waals surface area contributed by atoms with Crippen LogP contribution >= 0.6 is 0 Å². The summed E-state index contributed by atoms with van der Waals surface area (Å²) in [5.41, 5.74) is -2.96. The number of hydrogen-bond acceptors (Lipinski definition) is 6. The zero-order valence-electron chi connectivity index (χ0n) is 15.7. The number of nitrogens with one attached hydrogen (secondary N) is 1. The summed E-state index contributed by atoms with van der Waals surface area (Å²) in [7, 11) is -1.47. The van der Waals surface area contributed by atoms with Crippen LogP contribution in [-0.4, -0.2) is 37.3 Å². The molecule has 1 unspecified atom stereocenters. The SMILES string of the molecule is CCc1nn(OCC[Si](C)(C)C)c(=O)c(C(F)(F)F)c1NC(C)CON. The fourth-order valence-electron chi connectivity index (χ4n) is 2.18. The third kappa shape index (κ3) is 6.29. The number of hydrogen-bond donors (Lipinski definition) is 2. The minimum Gasteiger partial charge on any atom is -0.394 e. The molecular formula is C15H27F3N4O3Si. The minimum atomic E-state index is -4.86. The Hall–Kier alpha value is -1.59. The molecule has 0 fully saturated rings. The van der Waals surface area contributed by atoms with Crippen molar-refractivity contribution in [3.05, 3.63) is 21.6 Å². The summed E-state index contributed by atoms with van der Waals surface area (Å²) in [4.78, 5) is 22.5. The predicted octanol–water partition coefficient (Wildman–Crippen LogP) is 2.28. The molecule has 11 heteroatoms. The molecule has 0 spiro atoms. The predicted molar refractivity (Wildman–Crippen MR) is 95.7 cm³/mol. The lowest BCUT2D eigenvalue weighted by atomic mass is 10.1. The van der Waals surface area contributed by atoms with E-state index < -0.39 is 31.4 Å². The number of aromatic nitrogens is 2. The van der Waals surface area contributed by atoms with Gasteiger partial charge in [0, 0.05) is 14.1 Å². The van der Waals surface area contributed by atoms with E-state index in [4.69, 9.17) is 10.7 Å². The number of anilines is 1. The first kappa shape index (κ1) is 22.4. The van der Waals surface area contributed by atoms with Gasteiger partial charge in [-0.3, -0.25) is 4.79 Å². The molecular weight excluding hydrogens is 369 g/mol. The molecule has 0 saturated carbocycles. The molecule has 0 aliphatic heterocycles. The molecule has 1 aromatic rings. The van der Waals surface area contributed by atoms with Crippen molar-refractivity contribution >= 4 is 13.8 Å². The van der Waals surface area contributed by atoms with E-state index in [1.54, 1.807) is 13.8 Å². The number of nitrogens with zero attached hydrogens (tertiary/aromatic N) is 2. The number of alkyl halides is 3. The van der Waals surface area contributed by atoms with Crippen LogP contribution in [0.25, 0.3) is 0 Å². The van der Waals surface area contributed by atoms with Crippen LogP contribution in [0.1, 0.15) is 25.1 Å². The lowest BCUT2D eigenvalue weighted by Gasteiger charge is -2.22. The van der Waals surface area contributed by atoms with Crippen LogP contribution in [0, 0.1) is 0 Å². The van der Waals surface area contributed by atoms with Crippen LogP contribution in [-0.2, 0) is 17.4 Å². The van der Waals surface area contributed by atoms with Crippen LogP contribution in [0.15, 0.2) is 4.79 Å². The summed E-state index contributed by atoms with van der Waals surface area (Å²) in [6, 6.07) is 0.144. The van der Waals surface area contributed by atoms with Crippen molar-refractivity contribution in [2.75, 3.05) is 18.5 Å². The van der Waals surface area contributed by atoms with Crippen molar-refractivity contribution in [1.29, 1.82) is 0 Å². The van der Waals surface area contributed by atoms with E-state index in [9.17, 15) is 18.0 Å². The second-order valence-electron chi connectivity index (χ2n) is 7.25. The van der Waals surface area contributed by atoms with Gasteiger partial charge in [-0.05, 0) is 19.4 Å². The molecule has 3 N–H and O–H groups in total. The second-order valence-corrected chi connectivity index (χ2v) is 12.9. The maximum atomic E-state index is 13.6. The van der Waals surface area contributed by atoms with Crippen molar-refractivity contribution < 1.29 is 22.8 Å². The van der Waals surface area contributed by atoms with E-state index >= 15 is 0 Å². The topological polar surface area (TPSA) is 91.4 Å². The minimum absolute atomic E-state index is 0.0315.